The molecule has 0 aliphatic heterocycles. The van der Waals surface area contributed by atoms with E-state index in [-0.39, 0.29) is 11.6 Å². The molecule has 1 aromatic carbocycles. The molecule has 0 aliphatic carbocycles. The number of carbonyl (C=O) groups is 1. The van der Waals surface area contributed by atoms with Crippen molar-refractivity contribution < 1.29 is 9.18 Å². The fraction of sp³-hybridized carbons (Fsp3) is 0.0769. The zero-order valence-corrected chi connectivity index (χ0v) is 9.77. The Balaban J connectivity index is 2.27. The van der Waals surface area contributed by atoms with Crippen LogP contribution in [0.1, 0.15) is 16.1 Å². The molecule has 2 aromatic rings. The highest BCUT2D eigenvalue weighted by Crippen LogP contribution is 2.20. The molecule has 0 spiro atoms. The van der Waals surface area contributed by atoms with Gasteiger partial charge in [0.15, 0.2) is 0 Å². The number of hydrogen-bond donors (Lipinski definition) is 2. The molecular formula is C13H12FN3O. The second-order valence-electron chi connectivity index (χ2n) is 3.82. The minimum absolute atomic E-state index is 0.253. The summed E-state index contributed by atoms with van der Waals surface area (Å²) in [5.41, 5.74) is 7.25. The molecule has 5 heteroatoms. The van der Waals surface area contributed by atoms with Gasteiger partial charge in [0.25, 0.3) is 5.91 Å². The Labute approximate surface area is 104 Å². The number of aromatic nitrogens is 1. The second kappa shape index (κ2) is 4.83. The van der Waals surface area contributed by atoms with Crippen molar-refractivity contribution in [2.45, 2.75) is 6.92 Å². The van der Waals surface area contributed by atoms with Gasteiger partial charge < -0.3 is 11.1 Å². The molecule has 0 fully saturated rings. The second-order valence-corrected chi connectivity index (χ2v) is 3.82. The molecule has 1 amide bonds. The van der Waals surface area contributed by atoms with Crippen LogP contribution in [0.2, 0.25) is 0 Å². The number of benzene rings is 1. The highest BCUT2D eigenvalue weighted by molar-refractivity contribution is 6.06. The number of carbonyl (C=O) groups excluding carboxylic acids is 1. The molecule has 0 saturated carbocycles. The van der Waals surface area contributed by atoms with Crippen LogP contribution in [0.3, 0.4) is 0 Å². The van der Waals surface area contributed by atoms with Crippen molar-refractivity contribution in [2.75, 3.05) is 11.1 Å². The summed E-state index contributed by atoms with van der Waals surface area (Å²) in [5, 5.41) is 2.56. The number of nitrogens with one attached hydrogen (secondary N) is 1. The van der Waals surface area contributed by atoms with Gasteiger partial charge in [0.1, 0.15) is 5.82 Å². The van der Waals surface area contributed by atoms with Crippen molar-refractivity contribution in [3.05, 3.63) is 53.6 Å². The summed E-state index contributed by atoms with van der Waals surface area (Å²) in [6.45, 7) is 1.73. The number of hydrogen-bond acceptors (Lipinski definition) is 3. The first-order chi connectivity index (χ1) is 8.58. The van der Waals surface area contributed by atoms with E-state index in [9.17, 15) is 9.18 Å². The summed E-state index contributed by atoms with van der Waals surface area (Å²) in [5.74, 6) is -0.819. The van der Waals surface area contributed by atoms with Gasteiger partial charge in [0, 0.05) is 11.9 Å². The Morgan fingerprint density at radius 1 is 1.39 bits per heavy atom. The van der Waals surface area contributed by atoms with Gasteiger partial charge >= 0.3 is 0 Å². The monoisotopic (exact) mass is 245 g/mol. The van der Waals surface area contributed by atoms with Crippen LogP contribution in [0, 0.1) is 12.7 Å². The van der Waals surface area contributed by atoms with Crippen molar-refractivity contribution in [1.82, 2.24) is 4.98 Å². The molecule has 0 aliphatic rings. The zero-order chi connectivity index (χ0) is 13.1. The Kier molecular flexibility index (Phi) is 3.23. The van der Waals surface area contributed by atoms with Gasteiger partial charge in [-0.1, -0.05) is 0 Å². The molecule has 0 bridgehead atoms. The van der Waals surface area contributed by atoms with Crippen LogP contribution < -0.4 is 11.1 Å². The largest absolute Gasteiger partial charge is 0.397 e. The topological polar surface area (TPSA) is 68.0 Å². The molecular weight excluding hydrogens is 233 g/mol. The van der Waals surface area contributed by atoms with Crippen LogP contribution in [0.25, 0.3) is 0 Å². The maximum Gasteiger partial charge on any atom is 0.257 e. The van der Waals surface area contributed by atoms with Crippen molar-refractivity contribution in [2.24, 2.45) is 0 Å². The van der Waals surface area contributed by atoms with Crippen LogP contribution in [-0.4, -0.2) is 10.9 Å². The highest BCUT2D eigenvalue weighted by Gasteiger charge is 2.11. The molecule has 0 atom stereocenters. The van der Waals surface area contributed by atoms with Crippen LogP contribution in [0.5, 0.6) is 0 Å². The van der Waals surface area contributed by atoms with Gasteiger partial charge in [-0.05, 0) is 37.3 Å². The lowest BCUT2D eigenvalue weighted by molar-refractivity contribution is 0.102. The lowest BCUT2D eigenvalue weighted by Gasteiger charge is -2.09. The summed E-state index contributed by atoms with van der Waals surface area (Å²) in [4.78, 5) is 16.0. The number of pyridine rings is 1. The molecule has 92 valence electrons. The lowest BCUT2D eigenvalue weighted by atomic mass is 10.2. The first-order valence-corrected chi connectivity index (χ1v) is 5.36. The predicted octanol–water partition coefficient (Wildman–Crippen LogP) is 2.36. The molecule has 2 rings (SSSR count). The van der Waals surface area contributed by atoms with Crippen molar-refractivity contribution in [3.8, 4) is 0 Å². The Morgan fingerprint density at radius 2 is 2.17 bits per heavy atom. The fourth-order valence-corrected chi connectivity index (χ4v) is 1.55. The number of rotatable bonds is 2. The summed E-state index contributed by atoms with van der Waals surface area (Å²) >= 11 is 0. The summed E-state index contributed by atoms with van der Waals surface area (Å²) in [6.07, 6.45) is 1.60. The summed E-state index contributed by atoms with van der Waals surface area (Å²) < 4.78 is 13.1. The Hall–Kier alpha value is -2.43. The molecule has 4 nitrogen and oxygen atoms in total. The number of halogens is 1. The van der Waals surface area contributed by atoms with E-state index in [2.05, 4.69) is 10.3 Å². The van der Waals surface area contributed by atoms with Gasteiger partial charge in [0.05, 0.1) is 16.9 Å². The number of anilines is 2. The SMILES string of the molecule is Cc1ncccc1C(=O)Nc1cc(F)ccc1N. The molecule has 1 aromatic heterocycles. The molecule has 0 radical (unpaired) electrons. The minimum atomic E-state index is -0.456. The standard InChI is InChI=1S/C13H12FN3O/c1-8-10(3-2-6-16-8)13(18)17-12-7-9(14)4-5-11(12)15/h2-7H,15H2,1H3,(H,17,18). The molecule has 18 heavy (non-hydrogen) atoms. The maximum absolute atomic E-state index is 13.1. The lowest BCUT2D eigenvalue weighted by Crippen LogP contribution is -2.15. The number of nitrogens with zero attached hydrogens (tertiary/aromatic N) is 1. The molecule has 0 unspecified atom stereocenters. The van der Waals surface area contributed by atoms with E-state index in [1.54, 1.807) is 25.3 Å². The Bertz CT molecular complexity index is 599. The Morgan fingerprint density at radius 3 is 2.89 bits per heavy atom. The van der Waals surface area contributed by atoms with E-state index in [1.807, 2.05) is 0 Å². The zero-order valence-electron chi connectivity index (χ0n) is 9.77. The van der Waals surface area contributed by atoms with E-state index in [4.69, 9.17) is 5.73 Å². The quantitative estimate of drug-likeness (QED) is 0.798. The van der Waals surface area contributed by atoms with Gasteiger partial charge in [-0.3, -0.25) is 9.78 Å². The third kappa shape index (κ3) is 2.45. The highest BCUT2D eigenvalue weighted by atomic mass is 19.1. The number of nitrogens with two attached hydrogens (primary N) is 1. The van der Waals surface area contributed by atoms with E-state index in [0.29, 0.717) is 16.9 Å². The van der Waals surface area contributed by atoms with Crippen LogP contribution in [-0.2, 0) is 0 Å². The number of amides is 1. The van der Waals surface area contributed by atoms with E-state index < -0.39 is 5.82 Å². The number of aryl methyl sites for hydroxylation is 1. The maximum atomic E-state index is 13.1. The van der Waals surface area contributed by atoms with Gasteiger partial charge in [-0.15, -0.1) is 0 Å². The van der Waals surface area contributed by atoms with Crippen molar-refractivity contribution >= 4 is 17.3 Å². The summed E-state index contributed by atoms with van der Waals surface area (Å²) in [6, 6.07) is 7.13. The molecule has 0 saturated heterocycles. The molecule has 1 heterocycles. The van der Waals surface area contributed by atoms with Crippen LogP contribution in [0.4, 0.5) is 15.8 Å². The molecule has 3 N–H and O–H groups in total. The van der Waals surface area contributed by atoms with E-state index in [0.717, 1.165) is 0 Å². The van der Waals surface area contributed by atoms with Gasteiger partial charge in [0.2, 0.25) is 0 Å². The van der Waals surface area contributed by atoms with Crippen molar-refractivity contribution in [1.29, 1.82) is 0 Å². The average molecular weight is 245 g/mol. The minimum Gasteiger partial charge on any atom is -0.397 e. The average Bonchev–Trinajstić information content (AvgIpc) is 2.34. The first kappa shape index (κ1) is 12.0. The van der Waals surface area contributed by atoms with Crippen molar-refractivity contribution in [3.63, 3.8) is 0 Å². The van der Waals surface area contributed by atoms with Gasteiger partial charge in [-0.25, -0.2) is 4.39 Å². The fourth-order valence-electron chi connectivity index (χ4n) is 1.55. The smallest absolute Gasteiger partial charge is 0.257 e. The summed E-state index contributed by atoms with van der Waals surface area (Å²) in [7, 11) is 0. The van der Waals surface area contributed by atoms with Crippen LogP contribution >= 0.6 is 0 Å². The normalized spacial score (nSPS) is 10.1. The third-order valence-electron chi connectivity index (χ3n) is 2.52. The van der Waals surface area contributed by atoms with Gasteiger partial charge in [-0.2, -0.15) is 0 Å². The first-order valence-electron chi connectivity index (χ1n) is 5.36. The third-order valence-corrected chi connectivity index (χ3v) is 2.52. The van der Waals surface area contributed by atoms with Crippen LogP contribution in [0.15, 0.2) is 36.5 Å². The van der Waals surface area contributed by atoms with E-state index in [1.165, 1.54) is 18.2 Å². The predicted molar refractivity (Wildman–Crippen MR) is 67.7 cm³/mol. The van der Waals surface area contributed by atoms with E-state index >= 15 is 0 Å². The number of nitrogen functional groups attached to an aromatic ring is 1.